The smallest absolute Gasteiger partial charge is 0.325 e. The second-order valence-electron chi connectivity index (χ2n) is 4.28. The van der Waals surface area contributed by atoms with Crippen molar-refractivity contribution in [1.82, 2.24) is 4.98 Å². The zero-order chi connectivity index (χ0) is 15.2. The van der Waals surface area contributed by atoms with E-state index in [9.17, 15) is 9.59 Å². The van der Waals surface area contributed by atoms with Crippen LogP contribution in [-0.2, 0) is 16.0 Å². The molecule has 1 aromatic heterocycles. The fourth-order valence-corrected chi connectivity index (χ4v) is 1.86. The van der Waals surface area contributed by atoms with E-state index in [0.29, 0.717) is 11.5 Å². The van der Waals surface area contributed by atoms with Crippen molar-refractivity contribution in [3.05, 3.63) is 54.2 Å². The highest BCUT2D eigenvalue weighted by atomic mass is 16.5. The number of amides is 2. The fraction of sp³-hybridized carbons (Fsp3) is 0.133. The first-order chi connectivity index (χ1) is 10.1. The largest absolute Gasteiger partial charge is 0.469 e. The maximum Gasteiger partial charge on any atom is 0.325 e. The molecule has 1 aromatic carbocycles. The fourth-order valence-electron chi connectivity index (χ4n) is 1.86. The number of hydrogen-bond donors (Lipinski definition) is 1. The molecule has 6 nitrogen and oxygen atoms in total. The molecule has 0 saturated heterocycles. The normalized spacial score (nSPS) is 9.95. The maximum atomic E-state index is 11.6. The number of aromatic nitrogens is 1. The van der Waals surface area contributed by atoms with E-state index in [1.807, 2.05) is 0 Å². The van der Waals surface area contributed by atoms with Gasteiger partial charge in [-0.05, 0) is 29.8 Å². The number of carbonyl (C=O) groups is 2. The van der Waals surface area contributed by atoms with Crippen LogP contribution in [0.4, 0.5) is 16.3 Å². The summed E-state index contributed by atoms with van der Waals surface area (Å²) in [6.07, 6.45) is 1.76. The molecule has 0 fully saturated rings. The number of rotatable bonds is 4. The maximum absolute atomic E-state index is 11.6. The minimum atomic E-state index is -0.630. The van der Waals surface area contributed by atoms with Gasteiger partial charge < -0.3 is 10.5 Å². The second-order valence-corrected chi connectivity index (χ2v) is 4.28. The van der Waals surface area contributed by atoms with Crippen LogP contribution in [0.3, 0.4) is 0 Å². The van der Waals surface area contributed by atoms with E-state index < -0.39 is 6.03 Å². The lowest BCUT2D eigenvalue weighted by Crippen LogP contribution is -2.32. The van der Waals surface area contributed by atoms with Crippen molar-refractivity contribution in [3.8, 4) is 0 Å². The van der Waals surface area contributed by atoms with Gasteiger partial charge in [0.1, 0.15) is 5.82 Å². The first kappa shape index (κ1) is 14.5. The molecule has 0 saturated carbocycles. The number of carbonyl (C=O) groups excluding carboxylic acids is 2. The molecular formula is C15H15N3O3. The summed E-state index contributed by atoms with van der Waals surface area (Å²) in [6.45, 7) is 0. The van der Waals surface area contributed by atoms with E-state index in [2.05, 4.69) is 9.72 Å². The molecule has 21 heavy (non-hydrogen) atoms. The number of esters is 1. The molecule has 0 atom stereocenters. The SMILES string of the molecule is COC(=O)Cc1ccc(N(C(N)=O)c2ccccn2)cc1. The molecule has 6 heteroatoms. The minimum Gasteiger partial charge on any atom is -0.469 e. The van der Waals surface area contributed by atoms with E-state index in [1.165, 1.54) is 12.0 Å². The number of ether oxygens (including phenoxy) is 1. The highest BCUT2D eigenvalue weighted by Gasteiger charge is 2.16. The van der Waals surface area contributed by atoms with Gasteiger partial charge in [0.2, 0.25) is 0 Å². The zero-order valence-electron chi connectivity index (χ0n) is 11.5. The lowest BCUT2D eigenvalue weighted by atomic mass is 10.1. The van der Waals surface area contributed by atoms with Gasteiger partial charge in [-0.25, -0.2) is 14.7 Å². The lowest BCUT2D eigenvalue weighted by Gasteiger charge is -2.19. The predicted molar refractivity (Wildman–Crippen MR) is 78.1 cm³/mol. The van der Waals surface area contributed by atoms with Crippen molar-refractivity contribution in [2.24, 2.45) is 5.73 Å². The average Bonchev–Trinajstić information content (AvgIpc) is 2.50. The number of benzene rings is 1. The summed E-state index contributed by atoms with van der Waals surface area (Å²) in [5.41, 5.74) is 6.78. The molecule has 2 N–H and O–H groups in total. The molecule has 1 heterocycles. The van der Waals surface area contributed by atoms with E-state index in [1.54, 1.807) is 48.7 Å². The van der Waals surface area contributed by atoms with E-state index in [0.717, 1.165) is 5.56 Å². The lowest BCUT2D eigenvalue weighted by molar-refractivity contribution is -0.139. The summed E-state index contributed by atoms with van der Waals surface area (Å²) in [5, 5.41) is 0. The van der Waals surface area contributed by atoms with Gasteiger partial charge in [-0.3, -0.25) is 4.79 Å². The van der Waals surface area contributed by atoms with Crippen LogP contribution >= 0.6 is 0 Å². The Morgan fingerprint density at radius 1 is 1.19 bits per heavy atom. The van der Waals surface area contributed by atoms with Crippen LogP contribution in [0.25, 0.3) is 0 Å². The van der Waals surface area contributed by atoms with Crippen molar-refractivity contribution in [3.63, 3.8) is 0 Å². The van der Waals surface area contributed by atoms with Crippen LogP contribution in [0.2, 0.25) is 0 Å². The Balaban J connectivity index is 2.26. The highest BCUT2D eigenvalue weighted by Crippen LogP contribution is 2.23. The Morgan fingerprint density at radius 3 is 2.43 bits per heavy atom. The minimum absolute atomic E-state index is 0.178. The number of urea groups is 1. The number of anilines is 2. The van der Waals surface area contributed by atoms with Gasteiger partial charge in [0.15, 0.2) is 0 Å². The quantitative estimate of drug-likeness (QED) is 0.871. The molecule has 0 aliphatic carbocycles. The summed E-state index contributed by atoms with van der Waals surface area (Å²) in [6, 6.07) is 11.5. The number of nitrogens with two attached hydrogens (primary N) is 1. The Hall–Kier alpha value is -2.89. The average molecular weight is 285 g/mol. The van der Waals surface area contributed by atoms with Crippen LogP contribution in [-0.4, -0.2) is 24.1 Å². The zero-order valence-corrected chi connectivity index (χ0v) is 11.5. The van der Waals surface area contributed by atoms with Gasteiger partial charge in [0.05, 0.1) is 19.2 Å². The van der Waals surface area contributed by atoms with Crippen LogP contribution in [0.15, 0.2) is 48.7 Å². The molecule has 2 aromatic rings. The molecule has 0 radical (unpaired) electrons. The van der Waals surface area contributed by atoms with Crippen LogP contribution in [0.1, 0.15) is 5.56 Å². The molecule has 108 valence electrons. The number of methoxy groups -OCH3 is 1. The molecule has 0 unspecified atom stereocenters. The van der Waals surface area contributed by atoms with Gasteiger partial charge in [0.25, 0.3) is 0 Å². The van der Waals surface area contributed by atoms with Crippen molar-refractivity contribution in [2.75, 3.05) is 12.0 Å². The van der Waals surface area contributed by atoms with Crippen LogP contribution in [0.5, 0.6) is 0 Å². The van der Waals surface area contributed by atoms with Crippen molar-refractivity contribution in [1.29, 1.82) is 0 Å². The molecule has 0 aliphatic rings. The Kier molecular flexibility index (Phi) is 4.50. The van der Waals surface area contributed by atoms with Crippen molar-refractivity contribution in [2.45, 2.75) is 6.42 Å². The number of primary amides is 1. The summed E-state index contributed by atoms with van der Waals surface area (Å²) in [7, 11) is 1.34. The summed E-state index contributed by atoms with van der Waals surface area (Å²) >= 11 is 0. The van der Waals surface area contributed by atoms with Crippen molar-refractivity contribution < 1.29 is 14.3 Å². The Morgan fingerprint density at radius 2 is 1.90 bits per heavy atom. The molecule has 0 spiro atoms. The first-order valence-electron chi connectivity index (χ1n) is 6.28. The van der Waals surface area contributed by atoms with Gasteiger partial charge in [-0.2, -0.15) is 0 Å². The molecule has 2 amide bonds. The highest BCUT2D eigenvalue weighted by molar-refractivity contribution is 5.97. The van der Waals surface area contributed by atoms with E-state index in [-0.39, 0.29) is 12.4 Å². The number of hydrogen-bond acceptors (Lipinski definition) is 4. The van der Waals surface area contributed by atoms with Crippen LogP contribution < -0.4 is 10.6 Å². The Labute approximate surface area is 122 Å². The number of nitrogens with zero attached hydrogens (tertiary/aromatic N) is 2. The van der Waals surface area contributed by atoms with Crippen LogP contribution in [0, 0.1) is 0 Å². The van der Waals surface area contributed by atoms with Gasteiger partial charge in [-0.15, -0.1) is 0 Å². The third-order valence-electron chi connectivity index (χ3n) is 2.87. The van der Waals surface area contributed by atoms with E-state index >= 15 is 0 Å². The van der Waals surface area contributed by atoms with Crippen molar-refractivity contribution >= 4 is 23.5 Å². The van der Waals surface area contributed by atoms with Gasteiger partial charge in [0, 0.05) is 6.20 Å². The topological polar surface area (TPSA) is 85.5 Å². The summed E-state index contributed by atoms with van der Waals surface area (Å²) in [5.74, 6) is 0.116. The third kappa shape index (κ3) is 3.56. The third-order valence-corrected chi connectivity index (χ3v) is 2.87. The standard InChI is InChI=1S/C15H15N3O3/c1-21-14(19)10-11-5-7-12(8-6-11)18(15(16)20)13-4-2-3-9-17-13/h2-9H,10H2,1H3,(H2,16,20). The van der Waals surface area contributed by atoms with Gasteiger partial charge >= 0.3 is 12.0 Å². The number of pyridine rings is 1. The first-order valence-corrected chi connectivity index (χ1v) is 6.28. The summed E-state index contributed by atoms with van der Waals surface area (Å²) in [4.78, 5) is 28.3. The summed E-state index contributed by atoms with van der Waals surface area (Å²) < 4.78 is 4.61. The molecule has 0 aliphatic heterocycles. The Bertz CT molecular complexity index is 626. The second kappa shape index (κ2) is 6.51. The van der Waals surface area contributed by atoms with E-state index in [4.69, 9.17) is 5.73 Å². The molecule has 0 bridgehead atoms. The monoisotopic (exact) mass is 285 g/mol. The predicted octanol–water partition coefficient (Wildman–Crippen LogP) is 2.01. The molecular weight excluding hydrogens is 270 g/mol. The molecule has 2 rings (SSSR count). The van der Waals surface area contributed by atoms with Gasteiger partial charge in [-0.1, -0.05) is 18.2 Å².